The standard InChI is InChI=1S/C35H62NO7P.H2O/c1-25(2)10-9-11-26(3)30-14-15-31-29-13-12-27-24-28(16-18-34(27,4)32(29)17-19-35(30,31)5)43-33(37)40-22-23-42-44(38,39)41-21-20-36(6,7)8;/h12,25-26,28-32H,9-11,13-24H2,1-8H3;1H2/t26-,28+,29+,30-,31+,32+,34+,35-;/m1./s1. The summed E-state index contributed by atoms with van der Waals surface area (Å²) in [5.74, 6) is 4.82. The van der Waals surface area contributed by atoms with Gasteiger partial charge < -0.3 is 24.3 Å². The number of quaternary nitrogens is 1. The summed E-state index contributed by atoms with van der Waals surface area (Å²) < 4.78 is 33.4. The van der Waals surface area contributed by atoms with Crippen molar-refractivity contribution in [3.63, 3.8) is 0 Å². The van der Waals surface area contributed by atoms with Gasteiger partial charge in [-0.15, -0.1) is 0 Å². The molecular formula is C35H64NO8P. The van der Waals surface area contributed by atoms with Crippen LogP contribution >= 0.6 is 7.82 Å². The topological polar surface area (TPSA) is 121 Å². The number of hydrogen-bond donors (Lipinski definition) is 1. The van der Waals surface area contributed by atoms with Gasteiger partial charge in [0.25, 0.3) is 0 Å². The predicted octanol–water partition coefficient (Wildman–Crippen LogP) is 8.21. The van der Waals surface area contributed by atoms with Gasteiger partial charge in [0.2, 0.25) is 0 Å². The molecule has 262 valence electrons. The van der Waals surface area contributed by atoms with E-state index in [-0.39, 0.29) is 36.8 Å². The van der Waals surface area contributed by atoms with Crippen molar-refractivity contribution in [1.82, 2.24) is 0 Å². The minimum Gasteiger partial charge on any atom is -0.870 e. The van der Waals surface area contributed by atoms with Gasteiger partial charge in [-0.1, -0.05) is 65.5 Å². The second kappa shape index (κ2) is 15.5. The van der Waals surface area contributed by atoms with E-state index in [2.05, 4.69) is 40.7 Å². The van der Waals surface area contributed by atoms with Crippen LogP contribution in [0.2, 0.25) is 0 Å². The summed E-state index contributed by atoms with van der Waals surface area (Å²) >= 11 is 0. The molecule has 3 saturated carbocycles. The molecule has 0 bridgehead atoms. The highest BCUT2D eigenvalue weighted by molar-refractivity contribution is 7.47. The van der Waals surface area contributed by atoms with Crippen molar-refractivity contribution in [3.05, 3.63) is 11.6 Å². The fraction of sp³-hybridized carbons (Fsp3) is 0.914. The molecule has 0 heterocycles. The Hall–Kier alpha value is -0.960. The number of fused-ring (bicyclic) bond motifs is 5. The Kier molecular flexibility index (Phi) is 13.3. The molecule has 2 N–H and O–H groups in total. The Labute approximate surface area is 273 Å². The van der Waals surface area contributed by atoms with Crippen LogP contribution in [0.25, 0.3) is 0 Å². The van der Waals surface area contributed by atoms with Crippen molar-refractivity contribution in [2.24, 2.45) is 46.3 Å². The first-order valence-electron chi connectivity index (χ1n) is 17.5. The van der Waals surface area contributed by atoms with Gasteiger partial charge in [-0.3, -0.25) is 9.05 Å². The molecular weight excluding hydrogens is 593 g/mol. The summed E-state index contributed by atoms with van der Waals surface area (Å²) in [6.07, 6.45) is 15.0. The molecule has 4 aliphatic rings. The fourth-order valence-corrected chi connectivity index (χ4v) is 10.4. The Balaban J connectivity index is 0.00000552. The number of nitrogens with zero attached hydrogens (tertiary/aromatic N) is 1. The number of likely N-dealkylation sites (N-methyl/N-ethyl adjacent to an activating group) is 1. The molecule has 0 saturated heterocycles. The molecule has 0 spiro atoms. The van der Waals surface area contributed by atoms with Crippen LogP contribution in [-0.4, -0.2) is 74.6 Å². The third-order valence-corrected chi connectivity index (χ3v) is 13.1. The van der Waals surface area contributed by atoms with E-state index in [0.29, 0.717) is 16.4 Å². The Morgan fingerprint density at radius 2 is 1.71 bits per heavy atom. The zero-order chi connectivity index (χ0) is 32.3. The molecule has 0 amide bonds. The lowest BCUT2D eigenvalue weighted by Crippen LogP contribution is -2.51. The highest BCUT2D eigenvalue weighted by Gasteiger charge is 2.59. The Morgan fingerprint density at radius 3 is 2.40 bits per heavy atom. The van der Waals surface area contributed by atoms with E-state index < -0.39 is 14.0 Å². The van der Waals surface area contributed by atoms with Gasteiger partial charge in [0, 0.05) is 6.42 Å². The van der Waals surface area contributed by atoms with E-state index >= 15 is 0 Å². The molecule has 0 radical (unpaired) electrons. The van der Waals surface area contributed by atoms with Crippen molar-refractivity contribution < 1.29 is 42.7 Å². The summed E-state index contributed by atoms with van der Waals surface area (Å²) in [6, 6.07) is 0. The van der Waals surface area contributed by atoms with Gasteiger partial charge in [-0.25, -0.2) is 9.36 Å². The van der Waals surface area contributed by atoms with Crippen molar-refractivity contribution in [2.75, 3.05) is 47.5 Å². The van der Waals surface area contributed by atoms with E-state index in [4.69, 9.17) is 18.5 Å². The quantitative estimate of drug-likeness (QED) is 0.0652. The molecule has 1 unspecified atom stereocenters. The number of phosphoric ester groups is 1. The normalized spacial score (nSPS) is 34.8. The van der Waals surface area contributed by atoms with E-state index in [0.717, 1.165) is 61.2 Å². The Morgan fingerprint density at radius 1 is 1.00 bits per heavy atom. The molecule has 0 aliphatic heterocycles. The van der Waals surface area contributed by atoms with Gasteiger partial charge in [-0.2, -0.15) is 0 Å². The number of rotatable bonds is 14. The first-order chi connectivity index (χ1) is 20.5. The second-order valence-corrected chi connectivity index (χ2v) is 18.0. The highest BCUT2D eigenvalue weighted by Crippen LogP contribution is 2.67. The van der Waals surface area contributed by atoms with Crippen molar-refractivity contribution >= 4 is 14.0 Å². The number of ether oxygens (including phenoxy) is 2. The minimum atomic E-state index is -4.19. The number of carbonyl (C=O) groups is 1. The zero-order valence-electron chi connectivity index (χ0n) is 29.5. The first-order valence-corrected chi connectivity index (χ1v) is 19.0. The predicted molar refractivity (Wildman–Crippen MR) is 176 cm³/mol. The minimum absolute atomic E-state index is 0. The molecule has 45 heavy (non-hydrogen) atoms. The summed E-state index contributed by atoms with van der Waals surface area (Å²) in [4.78, 5) is 22.3. The van der Waals surface area contributed by atoms with E-state index in [1.165, 1.54) is 50.5 Å². The maximum Gasteiger partial charge on any atom is 0.508 e. The van der Waals surface area contributed by atoms with Crippen molar-refractivity contribution in [3.8, 4) is 0 Å². The van der Waals surface area contributed by atoms with Crippen molar-refractivity contribution in [2.45, 2.75) is 111 Å². The third-order valence-electron chi connectivity index (χ3n) is 12.1. The smallest absolute Gasteiger partial charge is 0.508 e. The third kappa shape index (κ3) is 9.57. The summed E-state index contributed by atoms with van der Waals surface area (Å²) in [7, 11) is 1.71. The maximum absolute atomic E-state index is 12.4. The van der Waals surface area contributed by atoms with Crippen LogP contribution < -0.4 is 0 Å². The van der Waals surface area contributed by atoms with E-state index in [9.17, 15) is 14.3 Å². The number of carbonyl (C=O) groups excluding carboxylic acids is 1. The number of hydrogen-bond acceptors (Lipinski definition) is 7. The summed E-state index contributed by atoms with van der Waals surface area (Å²) in [5, 5.41) is 0. The monoisotopic (exact) mass is 657 g/mol. The lowest BCUT2D eigenvalue weighted by atomic mass is 9.47. The molecule has 4 aliphatic carbocycles. The highest BCUT2D eigenvalue weighted by atomic mass is 31.2. The van der Waals surface area contributed by atoms with Crippen LogP contribution in [-0.2, 0) is 23.1 Å². The molecule has 0 aromatic rings. The Bertz CT molecular complexity index is 1060. The van der Waals surface area contributed by atoms with Crippen LogP contribution in [0.4, 0.5) is 4.79 Å². The molecule has 9 nitrogen and oxygen atoms in total. The second-order valence-electron chi connectivity index (χ2n) is 16.5. The largest absolute Gasteiger partial charge is 0.870 e. The fourth-order valence-electron chi connectivity index (χ4n) is 9.67. The van der Waals surface area contributed by atoms with Crippen LogP contribution in [0.1, 0.15) is 105 Å². The lowest BCUT2D eigenvalue weighted by Gasteiger charge is -2.58. The number of phosphoric acid groups is 1. The maximum atomic E-state index is 12.4. The molecule has 9 atom stereocenters. The molecule has 10 heteroatoms. The van der Waals surface area contributed by atoms with E-state index in [1.54, 1.807) is 0 Å². The molecule has 3 fully saturated rings. The van der Waals surface area contributed by atoms with Gasteiger partial charge >= 0.3 is 14.0 Å². The molecule has 4 rings (SSSR count). The lowest BCUT2D eigenvalue weighted by molar-refractivity contribution is -0.870. The molecule has 0 aromatic heterocycles. The summed E-state index contributed by atoms with van der Waals surface area (Å²) in [5.41, 5.74) is 2.14. The van der Waals surface area contributed by atoms with Gasteiger partial charge in [0.1, 0.15) is 25.9 Å². The number of allylic oxidation sites excluding steroid dienone is 1. The first kappa shape index (κ1) is 38.5. The molecule has 0 aromatic carbocycles. The summed E-state index contributed by atoms with van der Waals surface area (Å²) in [6.45, 7) is 12.6. The van der Waals surface area contributed by atoms with Gasteiger partial charge in [0.15, 0.2) is 0 Å². The SMILES string of the molecule is CC(C)CCC[C@@H](C)[C@H]1CC[C@H]2[C@@H]3CC=C4C[C@@H](OC(=O)OCCOP(=O)(O)OCC[N+](C)(C)C)CC[C@]4(C)[C@H]3CC[C@]12C.[OH-]. The van der Waals surface area contributed by atoms with Crippen LogP contribution in [0.15, 0.2) is 11.6 Å². The van der Waals surface area contributed by atoms with E-state index in [1.807, 2.05) is 21.1 Å². The van der Waals surface area contributed by atoms with Crippen molar-refractivity contribution in [1.29, 1.82) is 0 Å². The van der Waals surface area contributed by atoms with Crippen LogP contribution in [0.3, 0.4) is 0 Å². The van der Waals surface area contributed by atoms with Gasteiger partial charge in [-0.05, 0) is 91.3 Å². The average Bonchev–Trinajstić information content (AvgIpc) is 3.27. The van der Waals surface area contributed by atoms with Crippen LogP contribution in [0, 0.1) is 46.3 Å². The van der Waals surface area contributed by atoms with Crippen LogP contribution in [0.5, 0.6) is 0 Å². The average molecular weight is 658 g/mol. The van der Waals surface area contributed by atoms with Gasteiger partial charge in [0.05, 0.1) is 27.7 Å². The zero-order valence-corrected chi connectivity index (χ0v) is 30.4.